The SMILES string of the molecule is C=CCc1ccc(O)c(OCc2ccccc2O)c1. The summed E-state index contributed by atoms with van der Waals surface area (Å²) < 4.78 is 5.55. The zero-order valence-electron chi connectivity index (χ0n) is 10.5. The van der Waals surface area contributed by atoms with Crippen molar-refractivity contribution in [1.82, 2.24) is 0 Å². The maximum absolute atomic E-state index is 9.74. The number of hydrogen-bond donors (Lipinski definition) is 2. The summed E-state index contributed by atoms with van der Waals surface area (Å²) in [6.45, 7) is 3.88. The summed E-state index contributed by atoms with van der Waals surface area (Å²) in [6, 6.07) is 12.2. The van der Waals surface area contributed by atoms with Crippen molar-refractivity contribution < 1.29 is 14.9 Å². The van der Waals surface area contributed by atoms with Gasteiger partial charge in [0.2, 0.25) is 0 Å². The molecule has 0 atom stereocenters. The third kappa shape index (κ3) is 3.28. The molecule has 0 radical (unpaired) electrons. The summed E-state index contributed by atoms with van der Waals surface area (Å²) in [5, 5.41) is 19.4. The van der Waals surface area contributed by atoms with Crippen LogP contribution in [0.15, 0.2) is 55.1 Å². The van der Waals surface area contributed by atoms with Crippen LogP contribution in [0, 0.1) is 0 Å². The van der Waals surface area contributed by atoms with Crippen LogP contribution in [0.2, 0.25) is 0 Å². The second-order valence-electron chi connectivity index (χ2n) is 4.21. The Morgan fingerprint density at radius 3 is 2.58 bits per heavy atom. The van der Waals surface area contributed by atoms with E-state index in [-0.39, 0.29) is 18.1 Å². The molecule has 0 aliphatic carbocycles. The smallest absolute Gasteiger partial charge is 0.161 e. The van der Waals surface area contributed by atoms with E-state index in [1.807, 2.05) is 12.1 Å². The van der Waals surface area contributed by atoms with E-state index in [2.05, 4.69) is 6.58 Å². The van der Waals surface area contributed by atoms with Gasteiger partial charge in [0.15, 0.2) is 11.5 Å². The molecule has 0 aliphatic heterocycles. The minimum atomic E-state index is 0.0863. The zero-order chi connectivity index (χ0) is 13.7. The lowest BCUT2D eigenvalue weighted by molar-refractivity contribution is 0.283. The van der Waals surface area contributed by atoms with Crippen molar-refractivity contribution >= 4 is 0 Å². The Hall–Kier alpha value is -2.42. The fourth-order valence-electron chi connectivity index (χ4n) is 1.76. The van der Waals surface area contributed by atoms with Gasteiger partial charge in [-0.05, 0) is 30.2 Å². The zero-order valence-corrected chi connectivity index (χ0v) is 10.5. The first kappa shape index (κ1) is 13.0. The standard InChI is InChI=1S/C16H16O3/c1-2-5-12-8-9-15(18)16(10-12)19-11-13-6-3-4-7-14(13)17/h2-4,6-10,17-18H,1,5,11H2. The molecule has 19 heavy (non-hydrogen) atoms. The topological polar surface area (TPSA) is 49.7 Å². The quantitative estimate of drug-likeness (QED) is 0.806. The molecule has 0 saturated carbocycles. The van der Waals surface area contributed by atoms with Crippen LogP contribution in [-0.2, 0) is 13.0 Å². The molecule has 2 N–H and O–H groups in total. The van der Waals surface area contributed by atoms with Crippen LogP contribution in [0.3, 0.4) is 0 Å². The molecule has 3 heteroatoms. The van der Waals surface area contributed by atoms with Crippen molar-refractivity contribution in [1.29, 1.82) is 0 Å². The van der Waals surface area contributed by atoms with Crippen LogP contribution < -0.4 is 4.74 Å². The lowest BCUT2D eigenvalue weighted by Crippen LogP contribution is -1.96. The van der Waals surface area contributed by atoms with E-state index < -0.39 is 0 Å². The summed E-state index contributed by atoms with van der Waals surface area (Å²) in [6.07, 6.45) is 2.51. The number of hydrogen-bond acceptors (Lipinski definition) is 3. The molecule has 0 fully saturated rings. The Bertz CT molecular complexity index is 576. The van der Waals surface area contributed by atoms with Crippen LogP contribution in [0.5, 0.6) is 17.2 Å². The van der Waals surface area contributed by atoms with Gasteiger partial charge < -0.3 is 14.9 Å². The Morgan fingerprint density at radius 2 is 1.84 bits per heavy atom. The highest BCUT2D eigenvalue weighted by molar-refractivity contribution is 5.42. The molecular weight excluding hydrogens is 240 g/mol. The van der Waals surface area contributed by atoms with E-state index in [1.165, 1.54) is 0 Å². The molecule has 2 aromatic rings. The number of allylic oxidation sites excluding steroid dienone is 1. The van der Waals surface area contributed by atoms with Gasteiger partial charge in [-0.15, -0.1) is 6.58 Å². The minimum Gasteiger partial charge on any atom is -0.508 e. The highest BCUT2D eigenvalue weighted by atomic mass is 16.5. The molecule has 3 nitrogen and oxygen atoms in total. The van der Waals surface area contributed by atoms with Gasteiger partial charge in [-0.25, -0.2) is 0 Å². The first-order chi connectivity index (χ1) is 9.20. The highest BCUT2D eigenvalue weighted by Crippen LogP contribution is 2.29. The molecule has 2 rings (SSSR count). The van der Waals surface area contributed by atoms with Gasteiger partial charge in [0.25, 0.3) is 0 Å². The van der Waals surface area contributed by atoms with Gasteiger partial charge in [-0.2, -0.15) is 0 Å². The largest absolute Gasteiger partial charge is 0.508 e. The van der Waals surface area contributed by atoms with Crippen LogP contribution in [-0.4, -0.2) is 10.2 Å². The number of rotatable bonds is 5. The van der Waals surface area contributed by atoms with Crippen molar-refractivity contribution in [3.63, 3.8) is 0 Å². The monoisotopic (exact) mass is 256 g/mol. The van der Waals surface area contributed by atoms with Crippen molar-refractivity contribution in [3.05, 3.63) is 66.2 Å². The lowest BCUT2D eigenvalue weighted by Gasteiger charge is -2.10. The Labute approximate surface area is 112 Å². The lowest BCUT2D eigenvalue weighted by atomic mass is 10.1. The van der Waals surface area contributed by atoms with Gasteiger partial charge in [0.05, 0.1) is 0 Å². The van der Waals surface area contributed by atoms with Gasteiger partial charge in [-0.3, -0.25) is 0 Å². The third-order valence-corrected chi connectivity index (χ3v) is 2.78. The summed E-state index contributed by atoms with van der Waals surface area (Å²) in [7, 11) is 0. The first-order valence-electron chi connectivity index (χ1n) is 6.03. The summed E-state index contributed by atoms with van der Waals surface area (Å²) in [4.78, 5) is 0. The molecule has 0 aromatic heterocycles. The van der Waals surface area contributed by atoms with Gasteiger partial charge >= 0.3 is 0 Å². The Morgan fingerprint density at radius 1 is 1.05 bits per heavy atom. The van der Waals surface area contributed by atoms with Crippen LogP contribution in [0.25, 0.3) is 0 Å². The molecule has 0 spiro atoms. The molecule has 0 bridgehead atoms. The van der Waals surface area contributed by atoms with Crippen molar-refractivity contribution in [3.8, 4) is 17.2 Å². The molecule has 0 aliphatic rings. The number of phenols is 2. The summed E-state index contributed by atoms with van der Waals surface area (Å²) in [5.41, 5.74) is 1.69. The predicted octanol–water partition coefficient (Wildman–Crippen LogP) is 3.41. The fraction of sp³-hybridized carbons (Fsp3) is 0.125. The third-order valence-electron chi connectivity index (χ3n) is 2.78. The normalized spacial score (nSPS) is 10.1. The predicted molar refractivity (Wildman–Crippen MR) is 74.4 cm³/mol. The number of ether oxygens (including phenoxy) is 1. The molecular formula is C16H16O3. The molecule has 98 valence electrons. The van der Waals surface area contributed by atoms with E-state index in [9.17, 15) is 10.2 Å². The van der Waals surface area contributed by atoms with Crippen LogP contribution in [0.4, 0.5) is 0 Å². The average molecular weight is 256 g/mol. The van der Waals surface area contributed by atoms with E-state index >= 15 is 0 Å². The molecule has 2 aromatic carbocycles. The van der Waals surface area contributed by atoms with Crippen molar-refractivity contribution in [2.75, 3.05) is 0 Å². The maximum Gasteiger partial charge on any atom is 0.161 e. The van der Waals surface area contributed by atoms with E-state index in [1.54, 1.807) is 36.4 Å². The first-order valence-corrected chi connectivity index (χ1v) is 6.03. The van der Waals surface area contributed by atoms with Crippen LogP contribution in [0.1, 0.15) is 11.1 Å². The maximum atomic E-state index is 9.74. The highest BCUT2D eigenvalue weighted by Gasteiger charge is 2.06. The second-order valence-corrected chi connectivity index (χ2v) is 4.21. The number of phenolic OH excluding ortho intramolecular Hbond substituents is 2. The molecule has 0 amide bonds. The van der Waals surface area contributed by atoms with Gasteiger partial charge in [0.1, 0.15) is 12.4 Å². The molecule has 0 saturated heterocycles. The Kier molecular flexibility index (Phi) is 4.08. The minimum absolute atomic E-state index is 0.0863. The van der Waals surface area contributed by atoms with E-state index in [4.69, 9.17) is 4.74 Å². The Balaban J connectivity index is 2.12. The number of para-hydroxylation sites is 1. The average Bonchev–Trinajstić information content (AvgIpc) is 2.41. The van der Waals surface area contributed by atoms with Gasteiger partial charge in [0, 0.05) is 5.56 Å². The summed E-state index contributed by atoms with van der Waals surface area (Å²) in [5.74, 6) is 0.676. The van der Waals surface area contributed by atoms with Crippen molar-refractivity contribution in [2.24, 2.45) is 0 Å². The van der Waals surface area contributed by atoms with Gasteiger partial charge in [-0.1, -0.05) is 30.3 Å². The second kappa shape index (κ2) is 5.96. The summed E-state index contributed by atoms with van der Waals surface area (Å²) >= 11 is 0. The number of benzene rings is 2. The molecule has 0 heterocycles. The fourth-order valence-corrected chi connectivity index (χ4v) is 1.76. The van der Waals surface area contributed by atoms with Crippen LogP contribution >= 0.6 is 0 Å². The van der Waals surface area contributed by atoms with E-state index in [0.717, 1.165) is 5.56 Å². The van der Waals surface area contributed by atoms with Crippen molar-refractivity contribution in [2.45, 2.75) is 13.0 Å². The molecule has 0 unspecified atom stereocenters. The van der Waals surface area contributed by atoms with E-state index in [0.29, 0.717) is 17.7 Å². The number of aromatic hydroxyl groups is 2.